The first-order valence-corrected chi connectivity index (χ1v) is 16.6. The summed E-state index contributed by atoms with van der Waals surface area (Å²) in [5, 5.41) is 5.36. The summed E-state index contributed by atoms with van der Waals surface area (Å²) in [5.41, 5.74) is 9.85. The monoisotopic (exact) mass is 574 g/mol. The number of hydrogen-bond donors (Lipinski definition) is 0. The van der Waals surface area contributed by atoms with Crippen molar-refractivity contribution in [3.8, 4) is 22.5 Å². The van der Waals surface area contributed by atoms with Crippen LogP contribution in [0.2, 0.25) is 0 Å². The van der Waals surface area contributed by atoms with Gasteiger partial charge in [-0.15, -0.1) is 0 Å². The van der Waals surface area contributed by atoms with Crippen molar-refractivity contribution in [1.29, 1.82) is 0 Å². The Morgan fingerprint density at radius 1 is 0.705 bits per heavy atom. The molecule has 2 aliphatic rings. The van der Waals surface area contributed by atoms with Gasteiger partial charge in [-0.1, -0.05) is 93.9 Å². The molecule has 3 heterocycles. The number of nitrogens with zero attached hydrogens (tertiary/aromatic N) is 2. The lowest BCUT2D eigenvalue weighted by Crippen LogP contribution is -2.55. The van der Waals surface area contributed by atoms with Crippen LogP contribution in [0.3, 0.4) is 0 Å². The van der Waals surface area contributed by atoms with Crippen LogP contribution >= 0.6 is 0 Å². The SMILES string of the molecule is CCCCc1ccc2c3[n+](ccc2c1)C1(CC)C(c2ccc4ccccc4c2-c2cccc[n+]2C)C1(CC)c1ccccc1-3. The molecular formula is C42H42N2+2. The molecule has 0 radical (unpaired) electrons. The van der Waals surface area contributed by atoms with E-state index in [1.807, 2.05) is 0 Å². The minimum absolute atomic E-state index is 0.00924. The Hall–Kier alpha value is -4.30. The second-order valence-corrected chi connectivity index (χ2v) is 13.1. The highest BCUT2D eigenvalue weighted by atomic mass is 15.2. The molecule has 218 valence electrons. The second-order valence-electron chi connectivity index (χ2n) is 13.1. The van der Waals surface area contributed by atoms with Crippen LogP contribution < -0.4 is 9.13 Å². The summed E-state index contributed by atoms with van der Waals surface area (Å²) in [4.78, 5) is 0. The van der Waals surface area contributed by atoms with E-state index in [4.69, 9.17) is 0 Å². The molecule has 4 aromatic carbocycles. The van der Waals surface area contributed by atoms with Gasteiger partial charge >= 0.3 is 0 Å². The first-order chi connectivity index (χ1) is 21.6. The molecule has 1 aliphatic heterocycles. The van der Waals surface area contributed by atoms with Gasteiger partial charge in [-0.25, -0.2) is 4.57 Å². The minimum Gasteiger partial charge on any atom is -0.201 e. The molecule has 1 aliphatic carbocycles. The third-order valence-electron chi connectivity index (χ3n) is 11.3. The lowest BCUT2D eigenvalue weighted by molar-refractivity contribution is -0.736. The average molecular weight is 575 g/mol. The van der Waals surface area contributed by atoms with E-state index in [0.717, 1.165) is 19.3 Å². The molecule has 0 bridgehead atoms. The van der Waals surface area contributed by atoms with Gasteiger partial charge in [-0.3, -0.25) is 0 Å². The Morgan fingerprint density at radius 2 is 1.52 bits per heavy atom. The summed E-state index contributed by atoms with van der Waals surface area (Å²) in [6, 6.07) is 39.4. The maximum Gasteiger partial charge on any atom is 0.221 e. The average Bonchev–Trinajstić information content (AvgIpc) is 3.71. The highest BCUT2D eigenvalue weighted by molar-refractivity contribution is 5.99. The number of pyridine rings is 2. The molecule has 44 heavy (non-hydrogen) atoms. The lowest BCUT2D eigenvalue weighted by atomic mass is 9.78. The molecule has 0 spiro atoms. The van der Waals surface area contributed by atoms with Gasteiger partial charge in [0.1, 0.15) is 7.05 Å². The fourth-order valence-electron chi connectivity index (χ4n) is 9.38. The predicted molar refractivity (Wildman–Crippen MR) is 182 cm³/mol. The van der Waals surface area contributed by atoms with Crippen molar-refractivity contribution in [1.82, 2.24) is 0 Å². The third-order valence-corrected chi connectivity index (χ3v) is 11.3. The fourth-order valence-corrected chi connectivity index (χ4v) is 9.38. The topological polar surface area (TPSA) is 7.76 Å². The van der Waals surface area contributed by atoms with Crippen molar-refractivity contribution in [2.24, 2.45) is 7.05 Å². The normalized spacial score (nSPS) is 21.6. The number of rotatable bonds is 7. The van der Waals surface area contributed by atoms with Crippen LogP contribution in [-0.4, -0.2) is 0 Å². The number of unbranched alkanes of at least 4 members (excludes halogenated alkanes) is 1. The van der Waals surface area contributed by atoms with Crippen molar-refractivity contribution >= 4 is 21.5 Å². The summed E-state index contributed by atoms with van der Waals surface area (Å²) >= 11 is 0. The Kier molecular flexibility index (Phi) is 6.27. The van der Waals surface area contributed by atoms with Crippen molar-refractivity contribution in [3.05, 3.63) is 132 Å². The zero-order valence-corrected chi connectivity index (χ0v) is 26.5. The number of benzene rings is 4. The van der Waals surface area contributed by atoms with Crippen molar-refractivity contribution in [3.63, 3.8) is 0 Å². The fraction of sp³-hybridized carbons (Fsp3) is 0.286. The van der Waals surface area contributed by atoms with Crippen molar-refractivity contribution in [2.75, 3.05) is 0 Å². The first-order valence-electron chi connectivity index (χ1n) is 16.6. The van der Waals surface area contributed by atoms with E-state index in [2.05, 4.69) is 152 Å². The molecular weight excluding hydrogens is 532 g/mol. The van der Waals surface area contributed by atoms with Crippen LogP contribution in [0.1, 0.15) is 69.1 Å². The standard InChI is InChI=1S/C42H42N2/c1-5-8-15-29-21-23-33-31(28-29)25-27-44-39(33)34-18-11-12-19-36(34)41(6-2)40(42(41,44)7-3)35-24-22-30-16-9-10-17-32(30)38(35)37-20-13-14-26-43(37)4/h9-14,16-28,40H,5-8,15H2,1-4H3/q+2. The van der Waals surface area contributed by atoms with Crippen molar-refractivity contribution in [2.45, 2.75) is 69.7 Å². The summed E-state index contributed by atoms with van der Waals surface area (Å²) < 4.78 is 5.02. The number of aromatic nitrogens is 2. The molecule has 0 N–H and O–H groups in total. The van der Waals surface area contributed by atoms with Gasteiger partial charge in [0.2, 0.25) is 11.4 Å². The maximum absolute atomic E-state index is 2.72. The molecule has 0 amide bonds. The van der Waals surface area contributed by atoms with Crippen LogP contribution in [0.15, 0.2) is 116 Å². The maximum atomic E-state index is 2.72. The van der Waals surface area contributed by atoms with E-state index in [1.54, 1.807) is 0 Å². The van der Waals surface area contributed by atoms with Gasteiger partial charge in [0.05, 0.1) is 27.8 Å². The Balaban J connectivity index is 1.44. The molecule has 3 atom stereocenters. The molecule has 1 fully saturated rings. The van der Waals surface area contributed by atoms with Crippen LogP contribution in [0.5, 0.6) is 0 Å². The van der Waals surface area contributed by atoms with Gasteiger partial charge in [0.25, 0.3) is 0 Å². The summed E-state index contributed by atoms with van der Waals surface area (Å²) in [6.07, 6.45) is 10.4. The van der Waals surface area contributed by atoms with Gasteiger partial charge < -0.3 is 0 Å². The van der Waals surface area contributed by atoms with Gasteiger partial charge in [-0.2, -0.15) is 4.57 Å². The number of aryl methyl sites for hydroxylation is 2. The third kappa shape index (κ3) is 3.49. The Labute approximate surface area is 261 Å². The van der Waals surface area contributed by atoms with Crippen LogP contribution in [0, 0.1) is 0 Å². The van der Waals surface area contributed by atoms with E-state index in [0.29, 0.717) is 5.92 Å². The molecule has 8 rings (SSSR count). The minimum atomic E-state index is -0.0505. The van der Waals surface area contributed by atoms with Crippen LogP contribution in [0.4, 0.5) is 0 Å². The Morgan fingerprint density at radius 3 is 2.34 bits per heavy atom. The summed E-state index contributed by atoms with van der Waals surface area (Å²) in [6.45, 7) is 7.13. The summed E-state index contributed by atoms with van der Waals surface area (Å²) in [7, 11) is 2.19. The van der Waals surface area contributed by atoms with Gasteiger partial charge in [0, 0.05) is 24.6 Å². The molecule has 2 heteroatoms. The molecule has 2 nitrogen and oxygen atoms in total. The molecule has 3 unspecified atom stereocenters. The van der Waals surface area contributed by atoms with E-state index in [-0.39, 0.29) is 11.0 Å². The molecule has 6 aromatic rings. The van der Waals surface area contributed by atoms with E-state index < -0.39 is 0 Å². The van der Waals surface area contributed by atoms with Gasteiger partial charge in [0.15, 0.2) is 17.9 Å². The highest BCUT2D eigenvalue weighted by Gasteiger charge is 2.85. The van der Waals surface area contributed by atoms with E-state index in [1.165, 1.54) is 73.6 Å². The van der Waals surface area contributed by atoms with Gasteiger partial charge in [-0.05, 0) is 70.3 Å². The van der Waals surface area contributed by atoms with Crippen molar-refractivity contribution < 1.29 is 9.13 Å². The molecule has 1 saturated carbocycles. The Bertz CT molecular complexity index is 2070. The zero-order valence-electron chi connectivity index (χ0n) is 26.5. The van der Waals surface area contributed by atoms with Crippen LogP contribution in [0.25, 0.3) is 44.1 Å². The first kappa shape index (κ1) is 27.3. The van der Waals surface area contributed by atoms with E-state index >= 15 is 0 Å². The smallest absolute Gasteiger partial charge is 0.201 e. The number of fused-ring (bicyclic) bond motifs is 9. The molecule has 2 aromatic heterocycles. The van der Waals surface area contributed by atoms with Crippen LogP contribution in [-0.2, 0) is 24.4 Å². The second kappa shape index (κ2) is 10.1. The lowest BCUT2D eigenvalue weighted by Gasteiger charge is -2.29. The highest BCUT2D eigenvalue weighted by Crippen LogP contribution is 2.77. The quantitative estimate of drug-likeness (QED) is 0.168. The number of hydrogen-bond acceptors (Lipinski definition) is 0. The van der Waals surface area contributed by atoms with E-state index in [9.17, 15) is 0 Å². The largest absolute Gasteiger partial charge is 0.221 e. The zero-order chi connectivity index (χ0) is 30.1. The summed E-state index contributed by atoms with van der Waals surface area (Å²) in [5.74, 6) is 0.346. The molecule has 0 saturated heterocycles. The predicted octanol–water partition coefficient (Wildman–Crippen LogP) is 9.35.